The van der Waals surface area contributed by atoms with Gasteiger partial charge in [-0.05, 0) is 12.1 Å². The average Bonchev–Trinajstić information content (AvgIpc) is 2.93. The number of carbonyl (C=O) groups is 1. The monoisotopic (exact) mass is 378 g/mol. The summed E-state index contributed by atoms with van der Waals surface area (Å²) in [4.78, 5) is 16.1. The zero-order valence-corrected chi connectivity index (χ0v) is 14.9. The largest absolute Gasteiger partial charge is 0.305 e. The molecule has 0 aliphatic carbocycles. The van der Waals surface area contributed by atoms with Crippen molar-refractivity contribution in [2.24, 2.45) is 7.05 Å². The highest BCUT2D eigenvalue weighted by molar-refractivity contribution is 7.99. The van der Waals surface area contributed by atoms with E-state index in [4.69, 9.17) is 23.2 Å². The Morgan fingerprint density at radius 2 is 1.79 bits per heavy atom. The molecule has 0 saturated heterocycles. The van der Waals surface area contributed by atoms with E-state index in [1.807, 2.05) is 25.2 Å². The van der Waals surface area contributed by atoms with Gasteiger partial charge in [0.1, 0.15) is 10.3 Å². The molecule has 0 aliphatic rings. The van der Waals surface area contributed by atoms with Gasteiger partial charge in [-0.25, -0.2) is 4.98 Å². The van der Waals surface area contributed by atoms with E-state index < -0.39 is 0 Å². The number of nitrogens with zero attached hydrogens (tertiary/aromatic N) is 4. The molecule has 0 spiro atoms. The third kappa shape index (κ3) is 3.77. The Morgan fingerprint density at radius 1 is 1.12 bits per heavy atom. The second-order valence-electron chi connectivity index (χ2n) is 4.94. The number of pyridine rings is 1. The van der Waals surface area contributed by atoms with E-state index >= 15 is 0 Å². The number of carbonyl (C=O) groups excluding carboxylic acids is 1. The Hall–Kier alpha value is -1.89. The fourth-order valence-corrected chi connectivity index (χ4v) is 3.39. The smallest absolute Gasteiger partial charge is 0.191 e. The summed E-state index contributed by atoms with van der Waals surface area (Å²) in [5, 5.41) is 9.50. The van der Waals surface area contributed by atoms with E-state index in [1.165, 1.54) is 11.8 Å². The standard InChI is InChI=1S/C16H12Cl2N4OS/c1-22-15(11-7-13(17)19-14(18)8-11)20-21-16(22)24-9-12(23)10-5-3-2-4-6-10/h2-8H,9H2,1H3. The topological polar surface area (TPSA) is 60.7 Å². The fraction of sp³-hybridized carbons (Fsp3) is 0.125. The maximum atomic E-state index is 12.2. The minimum atomic E-state index is 0.0418. The minimum absolute atomic E-state index is 0.0418. The molecule has 0 N–H and O–H groups in total. The lowest BCUT2D eigenvalue weighted by Gasteiger charge is -2.04. The number of rotatable bonds is 5. The van der Waals surface area contributed by atoms with E-state index in [1.54, 1.807) is 28.8 Å². The van der Waals surface area contributed by atoms with Crippen LogP contribution in [0, 0.1) is 0 Å². The van der Waals surface area contributed by atoms with E-state index in [0.29, 0.717) is 16.5 Å². The van der Waals surface area contributed by atoms with Crippen LogP contribution in [-0.4, -0.2) is 31.3 Å². The molecule has 5 nitrogen and oxygen atoms in total. The molecule has 0 bridgehead atoms. The van der Waals surface area contributed by atoms with E-state index in [2.05, 4.69) is 15.2 Å². The zero-order valence-electron chi connectivity index (χ0n) is 12.6. The molecule has 122 valence electrons. The number of halogens is 2. The molecule has 0 unspecified atom stereocenters. The lowest BCUT2D eigenvalue weighted by molar-refractivity contribution is 0.102. The zero-order chi connectivity index (χ0) is 17.1. The summed E-state index contributed by atoms with van der Waals surface area (Å²) >= 11 is 13.2. The van der Waals surface area contributed by atoms with Gasteiger partial charge in [0.25, 0.3) is 0 Å². The number of hydrogen-bond donors (Lipinski definition) is 0. The quantitative estimate of drug-likeness (QED) is 0.379. The first-order valence-electron chi connectivity index (χ1n) is 6.98. The number of ketones is 1. The Bertz CT molecular complexity index is 863. The molecule has 0 fully saturated rings. The third-order valence-electron chi connectivity index (χ3n) is 3.28. The molecule has 0 amide bonds. The van der Waals surface area contributed by atoms with Crippen molar-refractivity contribution in [2.45, 2.75) is 5.16 Å². The normalized spacial score (nSPS) is 10.8. The highest BCUT2D eigenvalue weighted by atomic mass is 35.5. The summed E-state index contributed by atoms with van der Waals surface area (Å²) in [7, 11) is 1.83. The van der Waals surface area contributed by atoms with Crippen molar-refractivity contribution in [1.82, 2.24) is 19.7 Å². The molecular weight excluding hydrogens is 367 g/mol. The van der Waals surface area contributed by atoms with Gasteiger partial charge in [0.05, 0.1) is 5.75 Å². The molecule has 3 rings (SSSR count). The summed E-state index contributed by atoms with van der Waals surface area (Å²) in [5.41, 5.74) is 1.40. The van der Waals surface area contributed by atoms with E-state index in [9.17, 15) is 4.79 Å². The van der Waals surface area contributed by atoms with Gasteiger partial charge in [0, 0.05) is 18.2 Å². The predicted molar refractivity (Wildman–Crippen MR) is 95.8 cm³/mol. The molecule has 8 heteroatoms. The van der Waals surface area contributed by atoms with Crippen molar-refractivity contribution in [1.29, 1.82) is 0 Å². The summed E-state index contributed by atoms with van der Waals surface area (Å²) < 4.78 is 1.80. The molecule has 2 aromatic heterocycles. The molecule has 2 heterocycles. The maximum absolute atomic E-state index is 12.2. The molecule has 0 radical (unpaired) electrons. The van der Waals surface area contributed by atoms with Gasteiger partial charge in [0.15, 0.2) is 16.8 Å². The van der Waals surface area contributed by atoms with Crippen molar-refractivity contribution in [3.63, 3.8) is 0 Å². The van der Waals surface area contributed by atoms with E-state index in [0.717, 1.165) is 5.56 Å². The van der Waals surface area contributed by atoms with Crippen molar-refractivity contribution in [2.75, 3.05) is 5.75 Å². The number of Topliss-reactive ketones (excluding diaryl/α,β-unsaturated/α-hetero) is 1. The first-order valence-corrected chi connectivity index (χ1v) is 8.72. The van der Waals surface area contributed by atoms with Gasteiger partial charge < -0.3 is 4.57 Å². The fourth-order valence-electron chi connectivity index (χ4n) is 2.12. The molecule has 0 saturated carbocycles. The Balaban J connectivity index is 1.77. The lowest BCUT2D eigenvalue weighted by Crippen LogP contribution is -2.03. The molecule has 3 aromatic rings. The lowest BCUT2D eigenvalue weighted by atomic mass is 10.2. The van der Waals surface area contributed by atoms with Crippen LogP contribution in [0.3, 0.4) is 0 Å². The first kappa shape index (κ1) is 17.0. The van der Waals surface area contributed by atoms with Gasteiger partial charge in [-0.2, -0.15) is 0 Å². The van der Waals surface area contributed by atoms with Crippen molar-refractivity contribution < 1.29 is 4.79 Å². The van der Waals surface area contributed by atoms with Gasteiger partial charge in [-0.3, -0.25) is 4.79 Å². The Kier molecular flexibility index (Phi) is 5.18. The van der Waals surface area contributed by atoms with Crippen LogP contribution in [0.4, 0.5) is 0 Å². The van der Waals surface area contributed by atoms with Crippen molar-refractivity contribution in [3.05, 3.63) is 58.3 Å². The summed E-state index contributed by atoms with van der Waals surface area (Å²) in [6.07, 6.45) is 0. The highest BCUT2D eigenvalue weighted by Gasteiger charge is 2.14. The highest BCUT2D eigenvalue weighted by Crippen LogP contribution is 2.26. The molecule has 24 heavy (non-hydrogen) atoms. The summed E-state index contributed by atoms with van der Waals surface area (Å²) in [6, 6.07) is 12.5. The number of aromatic nitrogens is 4. The van der Waals surface area contributed by atoms with Gasteiger partial charge in [-0.15, -0.1) is 10.2 Å². The predicted octanol–water partition coefficient (Wildman–Crippen LogP) is 4.16. The van der Waals surface area contributed by atoms with Gasteiger partial charge >= 0.3 is 0 Å². The average molecular weight is 379 g/mol. The summed E-state index contributed by atoms with van der Waals surface area (Å²) in [6.45, 7) is 0. The van der Waals surface area contributed by atoms with Crippen LogP contribution < -0.4 is 0 Å². The third-order valence-corrected chi connectivity index (χ3v) is 4.69. The number of benzene rings is 1. The molecule has 0 atom stereocenters. The first-order chi connectivity index (χ1) is 11.5. The maximum Gasteiger partial charge on any atom is 0.191 e. The second kappa shape index (κ2) is 7.34. The van der Waals surface area contributed by atoms with E-state index in [-0.39, 0.29) is 21.8 Å². The summed E-state index contributed by atoms with van der Waals surface area (Å²) in [5.74, 6) is 0.935. The minimum Gasteiger partial charge on any atom is -0.305 e. The van der Waals surface area contributed by atoms with Gasteiger partial charge in [0.2, 0.25) is 0 Å². The van der Waals surface area contributed by atoms with Crippen LogP contribution in [0.2, 0.25) is 10.3 Å². The SMILES string of the molecule is Cn1c(SCC(=O)c2ccccc2)nnc1-c1cc(Cl)nc(Cl)c1. The van der Waals surface area contributed by atoms with Crippen LogP contribution in [0.15, 0.2) is 47.6 Å². The Labute approximate surface area is 153 Å². The van der Waals surface area contributed by atoms with Crippen LogP contribution in [0.1, 0.15) is 10.4 Å². The Morgan fingerprint density at radius 3 is 2.46 bits per heavy atom. The second-order valence-corrected chi connectivity index (χ2v) is 6.66. The molecule has 0 aliphatic heterocycles. The van der Waals surface area contributed by atoms with Crippen LogP contribution >= 0.6 is 35.0 Å². The molecule has 1 aromatic carbocycles. The number of hydrogen-bond acceptors (Lipinski definition) is 5. The van der Waals surface area contributed by atoms with Gasteiger partial charge in [-0.1, -0.05) is 65.3 Å². The van der Waals surface area contributed by atoms with Crippen LogP contribution in [-0.2, 0) is 7.05 Å². The van der Waals surface area contributed by atoms with Crippen LogP contribution in [0.25, 0.3) is 11.4 Å². The molecular formula is C16H12Cl2N4OS. The van der Waals surface area contributed by atoms with Crippen LogP contribution in [0.5, 0.6) is 0 Å². The van der Waals surface area contributed by atoms with Crippen molar-refractivity contribution >= 4 is 40.7 Å². The number of thioether (sulfide) groups is 1. The van der Waals surface area contributed by atoms with Crippen molar-refractivity contribution in [3.8, 4) is 11.4 Å².